The van der Waals surface area contributed by atoms with Crippen molar-refractivity contribution in [1.29, 1.82) is 0 Å². The van der Waals surface area contributed by atoms with E-state index in [9.17, 15) is 0 Å². The molecule has 3 N–H and O–H groups in total. The predicted molar refractivity (Wildman–Crippen MR) is 105 cm³/mol. The Morgan fingerprint density at radius 2 is 1.80 bits per heavy atom. The van der Waals surface area contributed by atoms with Crippen LogP contribution in [0.25, 0.3) is 0 Å². The van der Waals surface area contributed by atoms with Crippen LogP contribution in [-0.4, -0.2) is 31.1 Å². The number of guanidine groups is 1. The quantitative estimate of drug-likeness (QED) is 0.570. The molecule has 2 aromatic rings. The maximum atomic E-state index is 6.00. The van der Waals surface area contributed by atoms with Crippen molar-refractivity contribution in [2.24, 2.45) is 10.7 Å². The second-order valence-corrected chi connectivity index (χ2v) is 5.84. The van der Waals surface area contributed by atoms with Gasteiger partial charge in [0, 0.05) is 18.3 Å². The smallest absolute Gasteiger partial charge is 0.193 e. The van der Waals surface area contributed by atoms with Crippen LogP contribution >= 0.6 is 0 Å². The first-order valence-corrected chi connectivity index (χ1v) is 8.65. The number of aliphatic imine (C=N–C) groups is 1. The molecule has 0 saturated carbocycles. The van der Waals surface area contributed by atoms with Gasteiger partial charge in [0.1, 0.15) is 5.75 Å². The Balaban J connectivity index is 1.97. The van der Waals surface area contributed by atoms with Crippen molar-refractivity contribution in [3.63, 3.8) is 0 Å². The minimum atomic E-state index is 0.391. The molecular weight excluding hydrogens is 312 g/mol. The molecule has 2 aromatic carbocycles. The van der Waals surface area contributed by atoms with Crippen molar-refractivity contribution in [1.82, 2.24) is 4.90 Å². The molecule has 5 nitrogen and oxygen atoms in total. The number of rotatable bonds is 8. The Morgan fingerprint density at radius 1 is 1.08 bits per heavy atom. The van der Waals surface area contributed by atoms with E-state index in [2.05, 4.69) is 53.3 Å². The highest BCUT2D eigenvalue weighted by Gasteiger charge is 2.02. The number of hydrogen-bond donors (Lipinski definition) is 2. The van der Waals surface area contributed by atoms with Crippen molar-refractivity contribution in [2.75, 3.05) is 25.5 Å². The van der Waals surface area contributed by atoms with E-state index in [-0.39, 0.29) is 0 Å². The molecule has 0 spiro atoms. The number of nitrogens with two attached hydrogens (primary N) is 1. The van der Waals surface area contributed by atoms with Crippen LogP contribution in [-0.2, 0) is 13.1 Å². The van der Waals surface area contributed by atoms with Gasteiger partial charge in [0.05, 0.1) is 13.7 Å². The number of nitrogens with zero attached hydrogens (tertiary/aromatic N) is 2. The van der Waals surface area contributed by atoms with Gasteiger partial charge in [-0.25, -0.2) is 4.99 Å². The predicted octanol–water partition coefficient (Wildman–Crippen LogP) is 3.46. The van der Waals surface area contributed by atoms with Crippen LogP contribution in [0.5, 0.6) is 5.75 Å². The van der Waals surface area contributed by atoms with Gasteiger partial charge in [0.15, 0.2) is 5.96 Å². The van der Waals surface area contributed by atoms with E-state index in [4.69, 9.17) is 10.5 Å². The van der Waals surface area contributed by atoms with Crippen LogP contribution in [0, 0.1) is 0 Å². The molecule has 0 heterocycles. The maximum Gasteiger partial charge on any atom is 0.193 e. The summed E-state index contributed by atoms with van der Waals surface area (Å²) in [5.41, 5.74) is 9.31. The lowest BCUT2D eigenvalue weighted by Gasteiger charge is -2.18. The molecule has 0 aromatic heterocycles. The minimum Gasteiger partial charge on any atom is -0.497 e. The van der Waals surface area contributed by atoms with E-state index in [0.29, 0.717) is 12.5 Å². The van der Waals surface area contributed by atoms with Gasteiger partial charge in [0.25, 0.3) is 0 Å². The van der Waals surface area contributed by atoms with Crippen molar-refractivity contribution >= 4 is 11.6 Å². The summed E-state index contributed by atoms with van der Waals surface area (Å²) < 4.78 is 5.20. The lowest BCUT2D eigenvalue weighted by molar-refractivity contribution is 0.296. The van der Waals surface area contributed by atoms with Crippen LogP contribution in [0.15, 0.2) is 53.5 Å². The Morgan fingerprint density at radius 3 is 2.52 bits per heavy atom. The number of anilines is 1. The van der Waals surface area contributed by atoms with E-state index in [0.717, 1.165) is 36.6 Å². The molecule has 0 atom stereocenters. The topological polar surface area (TPSA) is 62.9 Å². The third-order valence-corrected chi connectivity index (χ3v) is 4.07. The molecule has 0 aliphatic heterocycles. The Bertz CT molecular complexity index is 696. The van der Waals surface area contributed by atoms with Gasteiger partial charge in [-0.05, 0) is 36.3 Å². The molecule has 2 rings (SSSR count). The largest absolute Gasteiger partial charge is 0.497 e. The third kappa shape index (κ3) is 6.12. The standard InChI is InChI=1S/C20H28N4O/c1-4-24(5-2)15-17-9-6-8-16(12-17)14-22-20(21)23-18-10-7-11-19(13-18)25-3/h6-13H,4-5,14-15H2,1-3H3,(H3,21,22,23). The Kier molecular flexibility index (Phi) is 7.29. The molecule has 134 valence electrons. The van der Waals surface area contributed by atoms with Crippen LogP contribution in [0.3, 0.4) is 0 Å². The van der Waals surface area contributed by atoms with Crippen molar-refractivity contribution in [3.05, 3.63) is 59.7 Å². The van der Waals surface area contributed by atoms with Gasteiger partial charge in [-0.2, -0.15) is 0 Å². The van der Waals surface area contributed by atoms with Crippen molar-refractivity contribution < 1.29 is 4.74 Å². The van der Waals surface area contributed by atoms with Gasteiger partial charge in [-0.1, -0.05) is 44.2 Å². The van der Waals surface area contributed by atoms with Crippen LogP contribution in [0.4, 0.5) is 5.69 Å². The highest BCUT2D eigenvalue weighted by Crippen LogP contribution is 2.16. The van der Waals surface area contributed by atoms with Crippen LogP contribution < -0.4 is 15.8 Å². The summed E-state index contributed by atoms with van der Waals surface area (Å²) in [6.07, 6.45) is 0. The van der Waals surface area contributed by atoms with Gasteiger partial charge in [0.2, 0.25) is 0 Å². The maximum absolute atomic E-state index is 6.00. The zero-order chi connectivity index (χ0) is 18.1. The zero-order valence-corrected chi connectivity index (χ0v) is 15.3. The second kappa shape index (κ2) is 9.69. The number of hydrogen-bond acceptors (Lipinski definition) is 3. The molecule has 0 aliphatic rings. The SMILES string of the molecule is CCN(CC)Cc1cccc(CN=C(N)Nc2cccc(OC)c2)c1. The highest BCUT2D eigenvalue weighted by molar-refractivity contribution is 5.92. The van der Waals surface area contributed by atoms with E-state index in [1.165, 1.54) is 5.56 Å². The average Bonchev–Trinajstić information content (AvgIpc) is 2.65. The molecular formula is C20H28N4O. The fourth-order valence-electron chi connectivity index (χ4n) is 2.60. The normalized spacial score (nSPS) is 11.6. The number of nitrogens with one attached hydrogen (secondary N) is 1. The summed E-state index contributed by atoms with van der Waals surface area (Å²) >= 11 is 0. The first kappa shape index (κ1) is 18.8. The Labute approximate surface area is 150 Å². The monoisotopic (exact) mass is 340 g/mol. The lowest BCUT2D eigenvalue weighted by Crippen LogP contribution is -2.23. The minimum absolute atomic E-state index is 0.391. The fourth-order valence-corrected chi connectivity index (χ4v) is 2.60. The Hall–Kier alpha value is -2.53. The second-order valence-electron chi connectivity index (χ2n) is 5.84. The van der Waals surface area contributed by atoms with Gasteiger partial charge < -0.3 is 15.8 Å². The summed E-state index contributed by atoms with van der Waals surface area (Å²) in [6.45, 7) is 7.98. The molecule has 25 heavy (non-hydrogen) atoms. The van der Waals surface area contributed by atoms with Gasteiger partial charge in [-0.15, -0.1) is 0 Å². The highest BCUT2D eigenvalue weighted by atomic mass is 16.5. The first-order valence-electron chi connectivity index (χ1n) is 8.65. The summed E-state index contributed by atoms with van der Waals surface area (Å²) in [5.74, 6) is 1.17. The summed E-state index contributed by atoms with van der Waals surface area (Å²) in [6, 6.07) is 16.1. The molecule has 0 unspecified atom stereocenters. The molecule has 0 fully saturated rings. The van der Waals surface area contributed by atoms with E-state index in [1.54, 1.807) is 7.11 Å². The van der Waals surface area contributed by atoms with E-state index in [1.807, 2.05) is 24.3 Å². The van der Waals surface area contributed by atoms with Crippen molar-refractivity contribution in [3.8, 4) is 5.75 Å². The summed E-state index contributed by atoms with van der Waals surface area (Å²) in [5, 5.41) is 3.09. The molecule has 0 aliphatic carbocycles. The van der Waals surface area contributed by atoms with E-state index >= 15 is 0 Å². The van der Waals surface area contributed by atoms with Gasteiger partial charge in [-0.3, -0.25) is 4.90 Å². The molecule has 0 saturated heterocycles. The summed E-state index contributed by atoms with van der Waals surface area (Å²) in [7, 11) is 1.64. The average molecular weight is 340 g/mol. The molecule has 0 amide bonds. The molecule has 0 radical (unpaired) electrons. The van der Waals surface area contributed by atoms with Gasteiger partial charge >= 0.3 is 0 Å². The fraction of sp³-hybridized carbons (Fsp3) is 0.350. The third-order valence-electron chi connectivity index (χ3n) is 4.07. The van der Waals surface area contributed by atoms with Crippen LogP contribution in [0.2, 0.25) is 0 Å². The number of benzene rings is 2. The number of methoxy groups -OCH3 is 1. The zero-order valence-electron chi connectivity index (χ0n) is 15.3. The molecule has 5 heteroatoms. The van der Waals surface area contributed by atoms with E-state index < -0.39 is 0 Å². The van der Waals surface area contributed by atoms with Crippen LogP contribution in [0.1, 0.15) is 25.0 Å². The molecule has 0 bridgehead atoms. The first-order chi connectivity index (χ1) is 12.1. The summed E-state index contributed by atoms with van der Waals surface area (Å²) in [4.78, 5) is 6.82. The number of ether oxygens (including phenoxy) is 1. The lowest BCUT2D eigenvalue weighted by atomic mass is 10.1. The van der Waals surface area contributed by atoms with Crippen molar-refractivity contribution in [2.45, 2.75) is 26.9 Å².